The zero-order valence-electron chi connectivity index (χ0n) is 6.99. The molecule has 0 fully saturated rings. The molecule has 4 heteroatoms. The van der Waals surface area contributed by atoms with Gasteiger partial charge in [0.25, 0.3) is 0 Å². The second-order valence-corrected chi connectivity index (χ2v) is 3.82. The Balaban J connectivity index is 3.04. The third-order valence-electron chi connectivity index (χ3n) is 1.62. The number of hydrogen-bond acceptors (Lipinski definition) is 3. The van der Waals surface area contributed by atoms with E-state index in [1.807, 2.05) is 0 Å². The summed E-state index contributed by atoms with van der Waals surface area (Å²) >= 11 is 9.60. The number of hydrogen-bond donors (Lipinski definition) is 2. The molecular formula is C9H9ClO2S. The molecule has 0 aromatic heterocycles. The lowest BCUT2D eigenvalue weighted by molar-refractivity contribution is 0.0991. The van der Waals surface area contributed by atoms with Gasteiger partial charge in [-0.1, -0.05) is 0 Å². The van der Waals surface area contributed by atoms with E-state index < -0.39 is 5.38 Å². The van der Waals surface area contributed by atoms with E-state index in [1.165, 1.54) is 18.2 Å². The number of ketones is 1. The van der Waals surface area contributed by atoms with Crippen molar-refractivity contribution >= 4 is 30.0 Å². The van der Waals surface area contributed by atoms with Gasteiger partial charge >= 0.3 is 0 Å². The second kappa shape index (κ2) is 4.03. The number of halogens is 1. The first kappa shape index (κ1) is 10.4. The highest BCUT2D eigenvalue weighted by Crippen LogP contribution is 2.22. The number of thiol groups is 1. The standard InChI is InChI=1S/C9H9ClO2S/c1-5(10)9(12)6-2-3-7(11)8(13)4-6/h2-5,11,13H,1H3. The zero-order chi connectivity index (χ0) is 10.0. The van der Waals surface area contributed by atoms with E-state index in [9.17, 15) is 4.79 Å². The maximum atomic E-state index is 11.4. The number of Topliss-reactive ketones (excluding diaryl/α,β-unsaturated/α-hetero) is 1. The molecule has 1 aromatic rings. The second-order valence-electron chi connectivity index (χ2n) is 2.68. The van der Waals surface area contributed by atoms with Crippen LogP contribution in [0.2, 0.25) is 0 Å². The Kier molecular flexibility index (Phi) is 3.22. The highest BCUT2D eigenvalue weighted by molar-refractivity contribution is 7.80. The fourth-order valence-corrected chi connectivity index (χ4v) is 1.25. The molecule has 0 saturated carbocycles. The molecule has 1 unspecified atom stereocenters. The summed E-state index contributed by atoms with van der Waals surface area (Å²) in [5.74, 6) is -0.112. The van der Waals surface area contributed by atoms with Gasteiger partial charge in [0.1, 0.15) is 5.75 Å². The first-order valence-electron chi connectivity index (χ1n) is 3.72. The van der Waals surface area contributed by atoms with Gasteiger partial charge in [0.2, 0.25) is 0 Å². The van der Waals surface area contributed by atoms with E-state index in [4.69, 9.17) is 16.7 Å². The van der Waals surface area contributed by atoms with Gasteiger partial charge in [0.05, 0.1) is 5.38 Å². The molecule has 0 aliphatic rings. The van der Waals surface area contributed by atoms with Gasteiger partial charge in [0, 0.05) is 10.5 Å². The molecule has 70 valence electrons. The first-order chi connectivity index (χ1) is 6.02. The minimum atomic E-state index is -0.558. The summed E-state index contributed by atoms with van der Waals surface area (Å²) in [6.45, 7) is 1.61. The van der Waals surface area contributed by atoms with Crippen molar-refractivity contribution in [2.75, 3.05) is 0 Å². The van der Waals surface area contributed by atoms with Crippen LogP contribution in [0.4, 0.5) is 0 Å². The van der Waals surface area contributed by atoms with Crippen LogP contribution in [0.15, 0.2) is 23.1 Å². The van der Waals surface area contributed by atoms with E-state index in [-0.39, 0.29) is 11.5 Å². The van der Waals surface area contributed by atoms with E-state index >= 15 is 0 Å². The molecule has 0 radical (unpaired) electrons. The van der Waals surface area contributed by atoms with Gasteiger partial charge in [-0.05, 0) is 25.1 Å². The molecule has 0 aliphatic carbocycles. The number of phenols is 1. The number of aromatic hydroxyl groups is 1. The first-order valence-corrected chi connectivity index (χ1v) is 4.61. The summed E-state index contributed by atoms with van der Waals surface area (Å²) in [6, 6.07) is 4.45. The van der Waals surface area contributed by atoms with Crippen molar-refractivity contribution < 1.29 is 9.90 Å². The fraction of sp³-hybridized carbons (Fsp3) is 0.222. The Bertz CT molecular complexity index is 336. The third kappa shape index (κ3) is 2.39. The summed E-state index contributed by atoms with van der Waals surface area (Å²) in [5, 5.41) is 8.59. The molecule has 0 aliphatic heterocycles. The van der Waals surface area contributed by atoms with Crippen molar-refractivity contribution in [2.45, 2.75) is 17.2 Å². The smallest absolute Gasteiger partial charge is 0.180 e. The molecule has 0 bridgehead atoms. The summed E-state index contributed by atoms with van der Waals surface area (Å²) < 4.78 is 0. The largest absolute Gasteiger partial charge is 0.507 e. The van der Waals surface area contributed by atoms with Crippen molar-refractivity contribution in [3.8, 4) is 5.75 Å². The van der Waals surface area contributed by atoms with Crippen molar-refractivity contribution in [2.24, 2.45) is 0 Å². The lowest BCUT2D eigenvalue weighted by Gasteiger charge is -2.04. The molecule has 13 heavy (non-hydrogen) atoms. The number of rotatable bonds is 2. The maximum absolute atomic E-state index is 11.4. The van der Waals surface area contributed by atoms with Crippen LogP contribution in [0, 0.1) is 0 Å². The predicted octanol–water partition coefficient (Wildman–Crippen LogP) is 2.49. The summed E-state index contributed by atoms with van der Waals surface area (Å²) in [7, 11) is 0. The topological polar surface area (TPSA) is 37.3 Å². The number of carbonyl (C=O) groups excluding carboxylic acids is 1. The van der Waals surface area contributed by atoms with Crippen molar-refractivity contribution in [3.05, 3.63) is 23.8 Å². The number of carbonyl (C=O) groups is 1. The van der Waals surface area contributed by atoms with Crippen LogP contribution in [0.3, 0.4) is 0 Å². The normalized spacial score (nSPS) is 12.5. The minimum Gasteiger partial charge on any atom is -0.507 e. The minimum absolute atomic E-state index is 0.0575. The van der Waals surface area contributed by atoms with Gasteiger partial charge in [-0.25, -0.2) is 0 Å². The quantitative estimate of drug-likeness (QED) is 0.453. The highest BCUT2D eigenvalue weighted by atomic mass is 35.5. The molecule has 1 N–H and O–H groups in total. The van der Waals surface area contributed by atoms with Crippen molar-refractivity contribution in [1.82, 2.24) is 0 Å². The highest BCUT2D eigenvalue weighted by Gasteiger charge is 2.12. The molecule has 1 rings (SSSR count). The van der Waals surface area contributed by atoms with Crippen LogP contribution in [0.1, 0.15) is 17.3 Å². The van der Waals surface area contributed by atoms with Gasteiger partial charge in [-0.15, -0.1) is 24.2 Å². The lowest BCUT2D eigenvalue weighted by Crippen LogP contribution is -2.10. The molecule has 2 nitrogen and oxygen atoms in total. The van der Waals surface area contributed by atoms with Crippen LogP contribution in [0.5, 0.6) is 5.75 Å². The van der Waals surface area contributed by atoms with Crippen LogP contribution >= 0.6 is 24.2 Å². The van der Waals surface area contributed by atoms with Crippen LogP contribution < -0.4 is 0 Å². The lowest BCUT2D eigenvalue weighted by atomic mass is 10.1. The molecular weight excluding hydrogens is 208 g/mol. The Morgan fingerprint density at radius 2 is 2.23 bits per heavy atom. The Labute approximate surface area is 86.9 Å². The van der Waals surface area contributed by atoms with Crippen molar-refractivity contribution in [1.29, 1.82) is 0 Å². The van der Waals surface area contributed by atoms with Gasteiger partial charge in [-0.2, -0.15) is 0 Å². The Morgan fingerprint density at radius 3 is 2.69 bits per heavy atom. The van der Waals surface area contributed by atoms with Gasteiger partial charge in [-0.3, -0.25) is 4.79 Å². The molecule has 1 atom stereocenters. The predicted molar refractivity (Wildman–Crippen MR) is 55.0 cm³/mol. The Hall–Kier alpha value is -0.670. The number of benzene rings is 1. The van der Waals surface area contributed by atoms with Crippen molar-refractivity contribution in [3.63, 3.8) is 0 Å². The van der Waals surface area contributed by atoms with E-state index in [0.29, 0.717) is 10.5 Å². The van der Waals surface area contributed by atoms with Crippen LogP contribution in [-0.4, -0.2) is 16.3 Å². The maximum Gasteiger partial charge on any atom is 0.180 e. The SMILES string of the molecule is CC(Cl)C(=O)c1ccc(O)c(S)c1. The average Bonchev–Trinajstić information content (AvgIpc) is 2.08. The van der Waals surface area contributed by atoms with Gasteiger partial charge in [0.15, 0.2) is 5.78 Å². The molecule has 0 spiro atoms. The van der Waals surface area contributed by atoms with E-state index in [2.05, 4.69) is 12.6 Å². The summed E-state index contributed by atoms with van der Waals surface area (Å²) in [5.41, 5.74) is 0.463. The van der Waals surface area contributed by atoms with Crippen LogP contribution in [-0.2, 0) is 0 Å². The number of alkyl halides is 1. The third-order valence-corrected chi connectivity index (χ3v) is 2.18. The monoisotopic (exact) mass is 216 g/mol. The van der Waals surface area contributed by atoms with Gasteiger partial charge < -0.3 is 5.11 Å². The molecule has 0 amide bonds. The average molecular weight is 217 g/mol. The molecule has 0 saturated heterocycles. The van der Waals surface area contributed by atoms with E-state index in [0.717, 1.165) is 0 Å². The molecule has 0 heterocycles. The summed E-state index contributed by atoms with van der Waals surface area (Å²) in [6.07, 6.45) is 0. The summed E-state index contributed by atoms with van der Waals surface area (Å²) in [4.78, 5) is 11.7. The van der Waals surface area contributed by atoms with Crippen LogP contribution in [0.25, 0.3) is 0 Å². The number of phenolic OH excluding ortho intramolecular Hbond substituents is 1. The zero-order valence-corrected chi connectivity index (χ0v) is 8.64. The van der Waals surface area contributed by atoms with E-state index in [1.54, 1.807) is 6.92 Å². The Morgan fingerprint density at radius 1 is 1.62 bits per heavy atom. The molecule has 1 aromatic carbocycles. The fourth-order valence-electron chi connectivity index (χ4n) is 0.906.